The number of halogens is 2. The number of amides is 2. The molecule has 0 N–H and O–H groups in total. The Balaban J connectivity index is 1.95. The van der Waals surface area contributed by atoms with Crippen LogP contribution in [-0.4, -0.2) is 33.6 Å². The molecule has 2 amide bonds. The van der Waals surface area contributed by atoms with Gasteiger partial charge in [-0.3, -0.25) is 9.59 Å². The van der Waals surface area contributed by atoms with Crippen LogP contribution < -0.4 is 0 Å². The summed E-state index contributed by atoms with van der Waals surface area (Å²) in [5.74, 6) is -2.10. The Bertz CT molecular complexity index is 371. The summed E-state index contributed by atoms with van der Waals surface area (Å²) in [5.41, 5.74) is 0. The van der Waals surface area contributed by atoms with Crippen molar-refractivity contribution in [2.45, 2.75) is 42.9 Å². The van der Waals surface area contributed by atoms with Gasteiger partial charge in [0.15, 0.2) is 0 Å². The highest BCUT2D eigenvalue weighted by molar-refractivity contribution is 6.24. The molecule has 3 unspecified atom stereocenters. The highest BCUT2D eigenvalue weighted by Gasteiger charge is 2.39. The molecule has 2 aliphatic rings. The standard InChI is InChI=1S/C11H13Cl2NO4/c12-6-1-2-7(8(13)5-6)11(17)18-14-9(15)3-4-10(14)16/h6-8H,1-5H2. The lowest BCUT2D eigenvalue weighted by atomic mass is 9.88. The van der Waals surface area contributed by atoms with Crippen molar-refractivity contribution >= 4 is 41.0 Å². The number of hydrogen-bond donors (Lipinski definition) is 0. The number of rotatable bonds is 2. The molecule has 0 radical (unpaired) electrons. The zero-order chi connectivity index (χ0) is 13.3. The van der Waals surface area contributed by atoms with Crippen LogP contribution >= 0.6 is 23.2 Å². The van der Waals surface area contributed by atoms with Crippen LogP contribution in [0.1, 0.15) is 32.1 Å². The lowest BCUT2D eigenvalue weighted by molar-refractivity contribution is -0.201. The Hall–Kier alpha value is -0.810. The van der Waals surface area contributed by atoms with Crippen molar-refractivity contribution in [3.05, 3.63) is 0 Å². The van der Waals surface area contributed by atoms with E-state index in [9.17, 15) is 14.4 Å². The molecule has 1 heterocycles. The Labute approximate surface area is 114 Å². The molecule has 1 saturated carbocycles. The molecule has 18 heavy (non-hydrogen) atoms. The molecule has 7 heteroatoms. The van der Waals surface area contributed by atoms with Gasteiger partial charge in [-0.25, -0.2) is 4.79 Å². The summed E-state index contributed by atoms with van der Waals surface area (Å²) >= 11 is 12.0. The van der Waals surface area contributed by atoms with Crippen LogP contribution in [0, 0.1) is 5.92 Å². The largest absolute Gasteiger partial charge is 0.337 e. The van der Waals surface area contributed by atoms with E-state index in [0.29, 0.717) is 24.3 Å². The smallest absolute Gasteiger partial charge is 0.330 e. The van der Waals surface area contributed by atoms with Gasteiger partial charge in [0.1, 0.15) is 0 Å². The second-order valence-corrected chi connectivity index (χ2v) is 5.70. The minimum Gasteiger partial charge on any atom is -0.330 e. The van der Waals surface area contributed by atoms with Gasteiger partial charge in [0, 0.05) is 23.6 Å². The fourth-order valence-corrected chi connectivity index (χ4v) is 3.00. The first-order chi connectivity index (χ1) is 8.49. The van der Waals surface area contributed by atoms with Crippen molar-refractivity contribution < 1.29 is 19.2 Å². The van der Waals surface area contributed by atoms with Crippen LogP contribution in [-0.2, 0) is 19.2 Å². The maximum atomic E-state index is 11.9. The SMILES string of the molecule is O=C(ON1C(=O)CCC1=O)C1CCC(Cl)CC1Cl. The fraction of sp³-hybridized carbons (Fsp3) is 0.727. The van der Waals surface area contributed by atoms with Crippen LogP contribution in [0.2, 0.25) is 0 Å². The summed E-state index contributed by atoms with van der Waals surface area (Å²) in [5, 5.41) is 0.104. The molecular formula is C11H13Cl2NO4. The van der Waals surface area contributed by atoms with Gasteiger partial charge in [-0.15, -0.1) is 28.3 Å². The molecule has 0 bridgehead atoms. The quantitative estimate of drug-likeness (QED) is 0.573. The fourth-order valence-electron chi connectivity index (χ4n) is 2.15. The van der Waals surface area contributed by atoms with Gasteiger partial charge in [0.05, 0.1) is 5.92 Å². The molecule has 1 aliphatic carbocycles. The van der Waals surface area contributed by atoms with Crippen LogP contribution in [0.25, 0.3) is 0 Å². The van der Waals surface area contributed by atoms with Gasteiger partial charge in [0.25, 0.3) is 11.8 Å². The number of hydroxylamine groups is 2. The van der Waals surface area contributed by atoms with Crippen LogP contribution in [0.4, 0.5) is 0 Å². The third-order valence-electron chi connectivity index (χ3n) is 3.20. The first-order valence-corrected chi connectivity index (χ1v) is 6.72. The first-order valence-electron chi connectivity index (χ1n) is 5.84. The molecule has 5 nitrogen and oxygen atoms in total. The number of hydrogen-bond acceptors (Lipinski definition) is 4. The number of nitrogens with zero attached hydrogens (tertiary/aromatic N) is 1. The van der Waals surface area contributed by atoms with E-state index in [1.807, 2.05) is 0 Å². The average Bonchev–Trinajstić information content (AvgIpc) is 2.60. The van der Waals surface area contributed by atoms with Crippen LogP contribution in [0.15, 0.2) is 0 Å². The van der Waals surface area contributed by atoms with E-state index in [4.69, 9.17) is 28.0 Å². The van der Waals surface area contributed by atoms with E-state index in [1.54, 1.807) is 0 Å². The molecule has 0 spiro atoms. The summed E-state index contributed by atoms with van der Waals surface area (Å²) in [6.07, 6.45) is 1.88. The summed E-state index contributed by atoms with van der Waals surface area (Å²) < 4.78 is 0. The molecule has 3 atom stereocenters. The minimum atomic E-state index is -0.623. The Morgan fingerprint density at radius 2 is 1.78 bits per heavy atom. The maximum Gasteiger partial charge on any atom is 0.337 e. The zero-order valence-corrected chi connectivity index (χ0v) is 11.1. The van der Waals surface area contributed by atoms with Gasteiger partial charge >= 0.3 is 5.97 Å². The monoisotopic (exact) mass is 293 g/mol. The predicted molar refractivity (Wildman–Crippen MR) is 63.8 cm³/mol. The van der Waals surface area contributed by atoms with Gasteiger partial charge in [-0.2, -0.15) is 0 Å². The van der Waals surface area contributed by atoms with Gasteiger partial charge in [-0.1, -0.05) is 0 Å². The van der Waals surface area contributed by atoms with Crippen molar-refractivity contribution in [3.8, 4) is 0 Å². The molecule has 2 fully saturated rings. The highest BCUT2D eigenvalue weighted by atomic mass is 35.5. The highest BCUT2D eigenvalue weighted by Crippen LogP contribution is 2.33. The lowest BCUT2D eigenvalue weighted by Gasteiger charge is -2.28. The average molecular weight is 294 g/mol. The van der Waals surface area contributed by atoms with Crippen LogP contribution in [0.3, 0.4) is 0 Å². The summed E-state index contributed by atoms with van der Waals surface area (Å²) in [6, 6.07) is 0. The molecule has 1 aliphatic heterocycles. The second-order valence-electron chi connectivity index (χ2n) is 4.52. The maximum absolute atomic E-state index is 11.9. The molecule has 0 aromatic rings. The second kappa shape index (κ2) is 5.45. The van der Waals surface area contributed by atoms with Gasteiger partial charge < -0.3 is 4.84 Å². The predicted octanol–water partition coefficient (Wildman–Crippen LogP) is 1.61. The van der Waals surface area contributed by atoms with Crippen LogP contribution in [0.5, 0.6) is 0 Å². The molecule has 0 aromatic carbocycles. The summed E-state index contributed by atoms with van der Waals surface area (Å²) in [7, 11) is 0. The third kappa shape index (κ3) is 2.78. The van der Waals surface area contributed by atoms with Gasteiger partial charge in [-0.05, 0) is 19.3 Å². The lowest BCUT2D eigenvalue weighted by Crippen LogP contribution is -2.39. The number of carbonyl (C=O) groups is 3. The molecular weight excluding hydrogens is 281 g/mol. The Kier molecular flexibility index (Phi) is 4.12. The first kappa shape index (κ1) is 13.6. The van der Waals surface area contributed by atoms with E-state index < -0.39 is 29.1 Å². The zero-order valence-electron chi connectivity index (χ0n) is 9.60. The minimum absolute atomic E-state index is 0.0356. The van der Waals surface area contributed by atoms with E-state index in [2.05, 4.69) is 0 Å². The van der Waals surface area contributed by atoms with E-state index in [0.717, 1.165) is 0 Å². The summed E-state index contributed by atoms with van der Waals surface area (Å²) in [6.45, 7) is 0. The molecule has 1 saturated heterocycles. The van der Waals surface area contributed by atoms with Crippen molar-refractivity contribution in [2.75, 3.05) is 0 Å². The number of imide groups is 1. The van der Waals surface area contributed by atoms with E-state index >= 15 is 0 Å². The molecule has 100 valence electrons. The third-order valence-corrected chi connectivity index (χ3v) is 4.08. The molecule has 0 aromatic heterocycles. The summed E-state index contributed by atoms with van der Waals surface area (Å²) in [4.78, 5) is 39.3. The van der Waals surface area contributed by atoms with Crippen molar-refractivity contribution in [2.24, 2.45) is 5.92 Å². The number of carbonyl (C=O) groups excluding carboxylic acids is 3. The van der Waals surface area contributed by atoms with Gasteiger partial charge in [0.2, 0.25) is 0 Å². The van der Waals surface area contributed by atoms with E-state index in [-0.39, 0.29) is 18.2 Å². The molecule has 2 rings (SSSR count). The van der Waals surface area contributed by atoms with E-state index in [1.165, 1.54) is 0 Å². The van der Waals surface area contributed by atoms with Crippen molar-refractivity contribution in [3.63, 3.8) is 0 Å². The van der Waals surface area contributed by atoms with Crippen molar-refractivity contribution in [1.29, 1.82) is 0 Å². The topological polar surface area (TPSA) is 63.7 Å². The number of alkyl halides is 2. The normalized spacial score (nSPS) is 32.8. The Morgan fingerprint density at radius 3 is 2.33 bits per heavy atom. The van der Waals surface area contributed by atoms with Crippen molar-refractivity contribution in [1.82, 2.24) is 5.06 Å². The Morgan fingerprint density at radius 1 is 1.17 bits per heavy atom.